The second-order valence-electron chi connectivity index (χ2n) is 3.99. The summed E-state index contributed by atoms with van der Waals surface area (Å²) in [5.41, 5.74) is 0. The minimum absolute atomic E-state index is 0.615. The number of hydrogen-bond donors (Lipinski definition) is 0. The molecule has 0 amide bonds. The highest BCUT2D eigenvalue weighted by molar-refractivity contribution is 4.75. The summed E-state index contributed by atoms with van der Waals surface area (Å²) < 4.78 is 10.6. The van der Waals surface area contributed by atoms with Crippen LogP contribution in [-0.2, 0) is 9.47 Å². The summed E-state index contributed by atoms with van der Waals surface area (Å²) in [4.78, 5) is 0. The topological polar surface area (TPSA) is 18.5 Å². The molecule has 0 bridgehead atoms. The van der Waals surface area contributed by atoms with Gasteiger partial charge in [0.05, 0.1) is 13.2 Å². The van der Waals surface area contributed by atoms with Gasteiger partial charge in [0.15, 0.2) is 0 Å². The van der Waals surface area contributed by atoms with Crippen molar-refractivity contribution in [1.29, 1.82) is 0 Å². The SMILES string of the molecule is COCC1COCCC1C(C)C. The van der Waals surface area contributed by atoms with E-state index in [1.54, 1.807) is 7.11 Å². The van der Waals surface area contributed by atoms with Crippen molar-refractivity contribution in [2.45, 2.75) is 20.3 Å². The highest BCUT2D eigenvalue weighted by Crippen LogP contribution is 2.28. The molecule has 0 aliphatic carbocycles. The minimum Gasteiger partial charge on any atom is -0.384 e. The zero-order chi connectivity index (χ0) is 8.97. The van der Waals surface area contributed by atoms with Crippen molar-refractivity contribution in [3.63, 3.8) is 0 Å². The van der Waals surface area contributed by atoms with Crippen molar-refractivity contribution < 1.29 is 9.47 Å². The Balaban J connectivity index is 2.42. The fourth-order valence-corrected chi connectivity index (χ4v) is 2.08. The summed E-state index contributed by atoms with van der Waals surface area (Å²) in [5, 5.41) is 0. The summed E-state index contributed by atoms with van der Waals surface area (Å²) in [6, 6.07) is 0. The number of hydrogen-bond acceptors (Lipinski definition) is 2. The number of methoxy groups -OCH3 is 1. The quantitative estimate of drug-likeness (QED) is 0.647. The lowest BCUT2D eigenvalue weighted by atomic mass is 9.81. The first-order chi connectivity index (χ1) is 5.75. The number of ether oxygens (including phenoxy) is 2. The van der Waals surface area contributed by atoms with Crippen molar-refractivity contribution in [3.05, 3.63) is 0 Å². The van der Waals surface area contributed by atoms with Crippen LogP contribution in [-0.4, -0.2) is 26.9 Å². The molecule has 1 heterocycles. The van der Waals surface area contributed by atoms with E-state index in [4.69, 9.17) is 9.47 Å². The Morgan fingerprint density at radius 3 is 2.83 bits per heavy atom. The van der Waals surface area contributed by atoms with Gasteiger partial charge in [0.1, 0.15) is 0 Å². The van der Waals surface area contributed by atoms with E-state index in [2.05, 4.69) is 13.8 Å². The zero-order valence-electron chi connectivity index (χ0n) is 8.38. The molecule has 1 aliphatic rings. The molecule has 2 atom stereocenters. The van der Waals surface area contributed by atoms with Gasteiger partial charge in [-0.2, -0.15) is 0 Å². The van der Waals surface area contributed by atoms with Crippen LogP contribution in [0.15, 0.2) is 0 Å². The molecule has 1 rings (SSSR count). The molecule has 72 valence electrons. The zero-order valence-corrected chi connectivity index (χ0v) is 8.38. The third-order valence-electron chi connectivity index (χ3n) is 2.77. The van der Waals surface area contributed by atoms with Crippen LogP contribution in [0.25, 0.3) is 0 Å². The van der Waals surface area contributed by atoms with Crippen molar-refractivity contribution in [3.8, 4) is 0 Å². The maximum Gasteiger partial charge on any atom is 0.0519 e. The third kappa shape index (κ3) is 2.46. The van der Waals surface area contributed by atoms with Crippen LogP contribution in [0, 0.1) is 17.8 Å². The molecule has 0 spiro atoms. The highest BCUT2D eigenvalue weighted by Gasteiger charge is 2.27. The maximum absolute atomic E-state index is 5.44. The van der Waals surface area contributed by atoms with Crippen LogP contribution in [0.1, 0.15) is 20.3 Å². The van der Waals surface area contributed by atoms with Gasteiger partial charge in [-0.3, -0.25) is 0 Å². The van der Waals surface area contributed by atoms with Gasteiger partial charge in [-0.1, -0.05) is 13.8 Å². The van der Waals surface area contributed by atoms with Crippen LogP contribution in [0.3, 0.4) is 0 Å². The summed E-state index contributed by atoms with van der Waals surface area (Å²) in [6.45, 7) is 7.25. The molecular formula is C10H20O2. The average molecular weight is 172 g/mol. The normalized spacial score (nSPS) is 31.0. The Kier molecular flexibility index (Phi) is 4.02. The lowest BCUT2D eigenvalue weighted by Gasteiger charge is -2.33. The molecule has 0 saturated carbocycles. The fraction of sp³-hybridized carbons (Fsp3) is 1.00. The molecular weight excluding hydrogens is 152 g/mol. The first-order valence-electron chi connectivity index (χ1n) is 4.82. The molecule has 2 heteroatoms. The summed E-state index contributed by atoms with van der Waals surface area (Å²) in [7, 11) is 1.77. The predicted molar refractivity (Wildman–Crippen MR) is 49.1 cm³/mol. The van der Waals surface area contributed by atoms with E-state index in [0.29, 0.717) is 5.92 Å². The molecule has 2 nitrogen and oxygen atoms in total. The van der Waals surface area contributed by atoms with Crippen LogP contribution < -0.4 is 0 Å². The van der Waals surface area contributed by atoms with E-state index in [-0.39, 0.29) is 0 Å². The first kappa shape index (κ1) is 10.0. The molecule has 1 fully saturated rings. The monoisotopic (exact) mass is 172 g/mol. The maximum atomic E-state index is 5.44. The molecule has 2 unspecified atom stereocenters. The van der Waals surface area contributed by atoms with Crippen LogP contribution in [0.4, 0.5) is 0 Å². The van der Waals surface area contributed by atoms with Gasteiger partial charge in [0, 0.05) is 19.6 Å². The van der Waals surface area contributed by atoms with E-state index < -0.39 is 0 Å². The van der Waals surface area contributed by atoms with E-state index in [1.807, 2.05) is 0 Å². The Labute approximate surface area is 75.2 Å². The molecule has 0 radical (unpaired) electrons. The van der Waals surface area contributed by atoms with E-state index in [0.717, 1.165) is 31.7 Å². The molecule has 0 aromatic heterocycles. The second-order valence-corrected chi connectivity index (χ2v) is 3.99. The first-order valence-corrected chi connectivity index (χ1v) is 4.82. The van der Waals surface area contributed by atoms with Gasteiger partial charge in [0.2, 0.25) is 0 Å². The molecule has 0 aromatic carbocycles. The van der Waals surface area contributed by atoms with Crippen molar-refractivity contribution in [2.75, 3.05) is 26.9 Å². The molecule has 12 heavy (non-hydrogen) atoms. The Morgan fingerprint density at radius 1 is 1.50 bits per heavy atom. The fourth-order valence-electron chi connectivity index (χ4n) is 2.08. The van der Waals surface area contributed by atoms with Gasteiger partial charge in [0.25, 0.3) is 0 Å². The predicted octanol–water partition coefficient (Wildman–Crippen LogP) is 1.94. The minimum atomic E-state index is 0.615. The van der Waals surface area contributed by atoms with Gasteiger partial charge in [-0.05, 0) is 18.3 Å². The molecule has 1 saturated heterocycles. The van der Waals surface area contributed by atoms with Crippen LogP contribution in [0.5, 0.6) is 0 Å². The van der Waals surface area contributed by atoms with Gasteiger partial charge in [-0.15, -0.1) is 0 Å². The van der Waals surface area contributed by atoms with Crippen molar-refractivity contribution >= 4 is 0 Å². The molecule has 1 aliphatic heterocycles. The van der Waals surface area contributed by atoms with Gasteiger partial charge in [-0.25, -0.2) is 0 Å². The smallest absolute Gasteiger partial charge is 0.0519 e. The van der Waals surface area contributed by atoms with Gasteiger partial charge >= 0.3 is 0 Å². The second kappa shape index (κ2) is 4.83. The average Bonchev–Trinajstić information content (AvgIpc) is 2.05. The Hall–Kier alpha value is -0.0800. The lowest BCUT2D eigenvalue weighted by Crippen LogP contribution is -2.33. The number of rotatable bonds is 3. The molecule has 0 aromatic rings. The van der Waals surface area contributed by atoms with Crippen LogP contribution in [0.2, 0.25) is 0 Å². The van der Waals surface area contributed by atoms with E-state index >= 15 is 0 Å². The Morgan fingerprint density at radius 2 is 2.25 bits per heavy atom. The van der Waals surface area contributed by atoms with Crippen molar-refractivity contribution in [2.24, 2.45) is 17.8 Å². The van der Waals surface area contributed by atoms with Crippen LogP contribution >= 0.6 is 0 Å². The molecule has 0 N–H and O–H groups in total. The third-order valence-corrected chi connectivity index (χ3v) is 2.77. The highest BCUT2D eigenvalue weighted by atomic mass is 16.5. The summed E-state index contributed by atoms with van der Waals surface area (Å²) >= 11 is 0. The van der Waals surface area contributed by atoms with Gasteiger partial charge < -0.3 is 9.47 Å². The standard InChI is InChI=1S/C10H20O2/c1-8(2)10-4-5-12-7-9(10)6-11-3/h8-10H,4-7H2,1-3H3. The van der Waals surface area contributed by atoms with E-state index in [1.165, 1.54) is 6.42 Å². The largest absolute Gasteiger partial charge is 0.384 e. The van der Waals surface area contributed by atoms with Crippen molar-refractivity contribution in [1.82, 2.24) is 0 Å². The Bertz CT molecular complexity index is 121. The van der Waals surface area contributed by atoms with E-state index in [9.17, 15) is 0 Å². The lowest BCUT2D eigenvalue weighted by molar-refractivity contribution is -0.0302. The summed E-state index contributed by atoms with van der Waals surface area (Å²) in [6.07, 6.45) is 1.20. The summed E-state index contributed by atoms with van der Waals surface area (Å²) in [5.74, 6) is 2.16.